The van der Waals surface area contributed by atoms with Gasteiger partial charge in [0.05, 0.1) is 18.4 Å². The second-order valence-electron chi connectivity index (χ2n) is 4.43. The number of aliphatic hydroxyl groups is 1. The molecule has 0 aromatic carbocycles. The van der Waals surface area contributed by atoms with Gasteiger partial charge in [-0.2, -0.15) is 5.26 Å². The Hall–Kier alpha value is -0.730. The van der Waals surface area contributed by atoms with Gasteiger partial charge in [-0.3, -0.25) is 4.79 Å². The monoisotopic (exact) mass is 256 g/mol. The van der Waals surface area contributed by atoms with Gasteiger partial charge in [0.2, 0.25) is 5.91 Å². The normalized spacial score (nSPS) is 18.4. The predicted molar refractivity (Wildman–Crippen MR) is 68.6 cm³/mol. The number of amides is 1. The van der Waals surface area contributed by atoms with Crippen LogP contribution in [-0.4, -0.2) is 46.6 Å². The van der Waals surface area contributed by atoms with Crippen molar-refractivity contribution in [2.75, 3.05) is 25.2 Å². The van der Waals surface area contributed by atoms with E-state index in [1.165, 1.54) is 11.8 Å². The van der Waals surface area contributed by atoms with Crippen molar-refractivity contribution in [1.82, 2.24) is 4.90 Å². The average Bonchev–Trinajstić information content (AvgIpc) is 2.38. The zero-order valence-electron chi connectivity index (χ0n) is 10.3. The minimum Gasteiger partial charge on any atom is -0.396 e. The van der Waals surface area contributed by atoms with Gasteiger partial charge < -0.3 is 10.0 Å². The summed E-state index contributed by atoms with van der Waals surface area (Å²) in [5, 5.41) is 18.0. The minimum absolute atomic E-state index is 0.00750. The van der Waals surface area contributed by atoms with Crippen LogP contribution in [0.15, 0.2) is 0 Å². The van der Waals surface area contributed by atoms with Crippen LogP contribution < -0.4 is 0 Å². The van der Waals surface area contributed by atoms with E-state index in [4.69, 9.17) is 5.11 Å². The van der Waals surface area contributed by atoms with Gasteiger partial charge in [0.1, 0.15) is 5.54 Å². The molecular weight excluding hydrogens is 236 g/mol. The Labute approximate surface area is 107 Å². The molecule has 0 atom stereocenters. The first-order valence-corrected chi connectivity index (χ1v) is 7.18. The van der Waals surface area contributed by atoms with Crippen molar-refractivity contribution in [1.29, 1.82) is 5.26 Å². The molecule has 5 heteroatoms. The van der Waals surface area contributed by atoms with Gasteiger partial charge in [-0.05, 0) is 12.8 Å². The second kappa shape index (κ2) is 6.87. The quantitative estimate of drug-likeness (QED) is 0.755. The van der Waals surface area contributed by atoms with Crippen LogP contribution in [0.3, 0.4) is 0 Å². The van der Waals surface area contributed by atoms with Crippen LogP contribution in [0, 0.1) is 11.3 Å². The maximum Gasteiger partial charge on any atom is 0.233 e. The predicted octanol–water partition coefficient (Wildman–Crippen LogP) is 1.40. The van der Waals surface area contributed by atoms with E-state index < -0.39 is 5.54 Å². The lowest BCUT2D eigenvalue weighted by molar-refractivity contribution is -0.131. The third kappa shape index (κ3) is 3.62. The summed E-state index contributed by atoms with van der Waals surface area (Å²) in [5.74, 6) is 0.909. The second-order valence-corrected chi connectivity index (χ2v) is 5.54. The molecule has 1 amide bonds. The van der Waals surface area contributed by atoms with E-state index in [9.17, 15) is 10.1 Å². The Morgan fingerprint density at radius 1 is 1.47 bits per heavy atom. The molecule has 1 aliphatic rings. The van der Waals surface area contributed by atoms with E-state index >= 15 is 0 Å². The highest BCUT2D eigenvalue weighted by atomic mass is 32.2. The van der Waals surface area contributed by atoms with Gasteiger partial charge >= 0.3 is 0 Å². The Morgan fingerprint density at radius 3 is 2.65 bits per heavy atom. The van der Waals surface area contributed by atoms with E-state index in [1.807, 2.05) is 0 Å². The van der Waals surface area contributed by atoms with Crippen LogP contribution in [0.25, 0.3) is 0 Å². The summed E-state index contributed by atoms with van der Waals surface area (Å²) in [4.78, 5) is 13.6. The van der Waals surface area contributed by atoms with Crippen molar-refractivity contribution in [3.63, 3.8) is 0 Å². The van der Waals surface area contributed by atoms with Gasteiger partial charge in [-0.25, -0.2) is 0 Å². The molecule has 0 unspecified atom stereocenters. The summed E-state index contributed by atoms with van der Waals surface area (Å²) in [5.41, 5.74) is -0.588. The van der Waals surface area contributed by atoms with E-state index in [0.717, 1.165) is 32.1 Å². The first-order valence-electron chi connectivity index (χ1n) is 6.03. The van der Waals surface area contributed by atoms with Crippen molar-refractivity contribution in [2.45, 2.75) is 37.6 Å². The molecule has 0 spiro atoms. The molecule has 0 saturated heterocycles. The third-order valence-corrected chi connectivity index (χ3v) is 4.29. The van der Waals surface area contributed by atoms with Crippen LogP contribution in [0.2, 0.25) is 0 Å². The molecule has 4 nitrogen and oxygen atoms in total. The number of carbonyl (C=O) groups is 1. The van der Waals surface area contributed by atoms with Crippen molar-refractivity contribution < 1.29 is 9.90 Å². The summed E-state index contributed by atoms with van der Waals surface area (Å²) in [6.07, 6.45) is 4.78. The van der Waals surface area contributed by atoms with Crippen LogP contribution in [0.5, 0.6) is 0 Å². The summed E-state index contributed by atoms with van der Waals surface area (Å²) >= 11 is 1.41. The average molecular weight is 256 g/mol. The topological polar surface area (TPSA) is 64.3 Å². The Kier molecular flexibility index (Phi) is 5.79. The number of aliphatic hydroxyl groups excluding tert-OH is 1. The SMILES string of the molecule is CN(C(=O)CSCCO)C1(C#N)CCCCC1. The molecule has 0 bridgehead atoms. The number of nitrogens with zero attached hydrogens (tertiary/aromatic N) is 2. The first-order chi connectivity index (χ1) is 8.16. The number of hydrogen-bond donors (Lipinski definition) is 1. The first kappa shape index (κ1) is 14.3. The van der Waals surface area contributed by atoms with Crippen molar-refractivity contribution >= 4 is 17.7 Å². The largest absolute Gasteiger partial charge is 0.396 e. The smallest absolute Gasteiger partial charge is 0.233 e. The maximum absolute atomic E-state index is 12.0. The maximum atomic E-state index is 12.0. The number of hydrogen-bond acceptors (Lipinski definition) is 4. The highest BCUT2D eigenvalue weighted by Gasteiger charge is 2.38. The lowest BCUT2D eigenvalue weighted by Crippen LogP contribution is -2.50. The minimum atomic E-state index is -0.588. The molecular formula is C12H20N2O2S. The highest BCUT2D eigenvalue weighted by molar-refractivity contribution is 7.99. The van der Waals surface area contributed by atoms with Crippen molar-refractivity contribution in [3.05, 3.63) is 0 Å². The number of carbonyl (C=O) groups excluding carboxylic acids is 1. The number of rotatable bonds is 5. The van der Waals surface area contributed by atoms with Crippen LogP contribution in [-0.2, 0) is 4.79 Å². The van der Waals surface area contributed by atoms with Gasteiger partial charge in [-0.1, -0.05) is 19.3 Å². The Balaban J connectivity index is 2.56. The van der Waals surface area contributed by atoms with Gasteiger partial charge in [0, 0.05) is 12.8 Å². The molecule has 0 aromatic heterocycles. The zero-order chi connectivity index (χ0) is 12.7. The molecule has 0 aliphatic heterocycles. The molecule has 0 radical (unpaired) electrons. The summed E-state index contributed by atoms with van der Waals surface area (Å²) in [7, 11) is 1.73. The Morgan fingerprint density at radius 2 is 2.12 bits per heavy atom. The molecule has 1 N–H and O–H groups in total. The number of nitriles is 1. The fraction of sp³-hybridized carbons (Fsp3) is 0.833. The molecule has 17 heavy (non-hydrogen) atoms. The summed E-state index contributed by atoms with van der Waals surface area (Å²) < 4.78 is 0. The molecule has 1 fully saturated rings. The molecule has 0 heterocycles. The van der Waals surface area contributed by atoms with E-state index in [-0.39, 0.29) is 12.5 Å². The molecule has 0 aromatic rings. The van der Waals surface area contributed by atoms with E-state index in [2.05, 4.69) is 6.07 Å². The van der Waals surface area contributed by atoms with Crippen LogP contribution in [0.1, 0.15) is 32.1 Å². The van der Waals surface area contributed by atoms with Crippen molar-refractivity contribution in [3.8, 4) is 6.07 Å². The summed E-state index contributed by atoms with van der Waals surface area (Å²) in [6, 6.07) is 2.33. The van der Waals surface area contributed by atoms with Crippen LogP contribution in [0.4, 0.5) is 0 Å². The number of thioether (sulfide) groups is 1. The van der Waals surface area contributed by atoms with Crippen molar-refractivity contribution in [2.24, 2.45) is 0 Å². The van der Waals surface area contributed by atoms with Gasteiger partial charge in [0.15, 0.2) is 0 Å². The Bertz CT molecular complexity index is 295. The molecule has 96 valence electrons. The van der Waals surface area contributed by atoms with E-state index in [0.29, 0.717) is 11.5 Å². The lowest BCUT2D eigenvalue weighted by Gasteiger charge is -2.39. The fourth-order valence-corrected chi connectivity index (χ4v) is 2.86. The van der Waals surface area contributed by atoms with E-state index in [1.54, 1.807) is 11.9 Å². The third-order valence-electron chi connectivity index (χ3n) is 3.37. The van der Waals surface area contributed by atoms with Gasteiger partial charge in [0.25, 0.3) is 0 Å². The lowest BCUT2D eigenvalue weighted by atomic mass is 9.81. The fourth-order valence-electron chi connectivity index (χ4n) is 2.22. The molecule has 1 aliphatic carbocycles. The zero-order valence-corrected chi connectivity index (χ0v) is 11.1. The van der Waals surface area contributed by atoms with Crippen LogP contribution >= 0.6 is 11.8 Å². The molecule has 1 rings (SSSR count). The highest BCUT2D eigenvalue weighted by Crippen LogP contribution is 2.32. The standard InChI is InChI=1S/C12H20N2O2S/c1-14(11(16)9-17-8-7-15)12(10-13)5-3-2-4-6-12/h15H,2-9H2,1H3. The van der Waals surface area contributed by atoms with Gasteiger partial charge in [-0.15, -0.1) is 11.8 Å². The summed E-state index contributed by atoms with van der Waals surface area (Å²) in [6.45, 7) is 0.0883. The molecule has 1 saturated carbocycles.